The van der Waals surface area contributed by atoms with Crippen LogP contribution in [0.5, 0.6) is 0 Å². The van der Waals surface area contributed by atoms with Crippen molar-refractivity contribution in [3.8, 4) is 0 Å². The zero-order valence-electron chi connectivity index (χ0n) is 12.6. The smallest absolute Gasteiger partial charge is 0.236 e. The Morgan fingerprint density at radius 2 is 2.14 bits per heavy atom. The van der Waals surface area contributed by atoms with Crippen molar-refractivity contribution >= 4 is 24.2 Å². The first kappa shape index (κ1) is 18.0. The van der Waals surface area contributed by atoms with E-state index in [0.717, 1.165) is 23.8 Å². The van der Waals surface area contributed by atoms with Crippen LogP contribution in [0.15, 0.2) is 28.8 Å². The molecule has 0 radical (unpaired) electrons. The van der Waals surface area contributed by atoms with Crippen LogP contribution in [0.2, 0.25) is 0 Å². The van der Waals surface area contributed by atoms with Crippen LogP contribution in [-0.4, -0.2) is 23.2 Å². The van der Waals surface area contributed by atoms with Crippen LogP contribution in [0.4, 0.5) is 0 Å². The molecule has 1 aromatic carbocycles. The Kier molecular flexibility index (Phi) is 7.78. The van der Waals surface area contributed by atoms with Gasteiger partial charge in [0.25, 0.3) is 0 Å². The monoisotopic (exact) mass is 327 g/mol. The van der Waals surface area contributed by atoms with Crippen LogP contribution in [0, 0.1) is 6.92 Å². The molecule has 1 atom stereocenters. The molecule has 21 heavy (non-hydrogen) atoms. The molecule has 0 saturated carbocycles. The summed E-state index contributed by atoms with van der Waals surface area (Å²) in [6.45, 7) is 4.21. The number of benzene rings is 1. The Bertz CT molecular complexity index is 547. The first-order valence-corrected chi connectivity index (χ1v) is 7.95. The van der Waals surface area contributed by atoms with Crippen molar-refractivity contribution in [2.24, 2.45) is 0 Å². The minimum absolute atomic E-state index is 0. The molecule has 1 aromatic heterocycles. The van der Waals surface area contributed by atoms with E-state index in [1.54, 1.807) is 11.8 Å². The van der Waals surface area contributed by atoms with Crippen molar-refractivity contribution < 1.29 is 4.52 Å². The quantitative estimate of drug-likeness (QED) is 0.844. The van der Waals surface area contributed by atoms with Crippen LogP contribution in [0.1, 0.15) is 29.8 Å². The van der Waals surface area contributed by atoms with E-state index < -0.39 is 0 Å². The number of aromatic nitrogens is 2. The second-order valence-corrected chi connectivity index (χ2v) is 5.97. The highest BCUT2D eigenvalue weighted by Gasteiger charge is 2.09. The lowest BCUT2D eigenvalue weighted by atomic mass is 10.2. The summed E-state index contributed by atoms with van der Waals surface area (Å²) in [4.78, 5) is 4.41. The SMILES string of the molecule is CNC(C)Cc1noc(CSCc2cccc(C)c2)n1.Cl. The molecule has 0 aliphatic heterocycles. The molecule has 2 aromatic rings. The van der Waals surface area contributed by atoms with E-state index >= 15 is 0 Å². The van der Waals surface area contributed by atoms with Crippen molar-refractivity contribution in [3.63, 3.8) is 0 Å². The van der Waals surface area contributed by atoms with Crippen LogP contribution in [0.3, 0.4) is 0 Å². The van der Waals surface area contributed by atoms with Crippen LogP contribution < -0.4 is 5.32 Å². The first-order valence-electron chi connectivity index (χ1n) is 6.79. The van der Waals surface area contributed by atoms with Crippen molar-refractivity contribution in [1.29, 1.82) is 0 Å². The van der Waals surface area contributed by atoms with Gasteiger partial charge in [-0.3, -0.25) is 0 Å². The van der Waals surface area contributed by atoms with Gasteiger partial charge in [-0.05, 0) is 26.5 Å². The van der Waals surface area contributed by atoms with Crippen molar-refractivity contribution in [3.05, 3.63) is 47.1 Å². The molecule has 1 N–H and O–H groups in total. The minimum atomic E-state index is 0. The lowest BCUT2D eigenvalue weighted by Crippen LogP contribution is -2.24. The van der Waals surface area contributed by atoms with Gasteiger partial charge in [0.05, 0.1) is 5.75 Å². The van der Waals surface area contributed by atoms with Crippen LogP contribution in [-0.2, 0) is 17.9 Å². The fourth-order valence-electron chi connectivity index (χ4n) is 1.87. The Labute approximate surface area is 136 Å². The number of halogens is 1. The van der Waals surface area contributed by atoms with E-state index in [1.165, 1.54) is 11.1 Å². The Morgan fingerprint density at radius 1 is 1.33 bits per heavy atom. The summed E-state index contributed by atoms with van der Waals surface area (Å²) in [5, 5.41) is 7.17. The van der Waals surface area contributed by atoms with E-state index in [9.17, 15) is 0 Å². The molecule has 0 aliphatic rings. The highest BCUT2D eigenvalue weighted by atomic mass is 35.5. The van der Waals surface area contributed by atoms with E-state index in [0.29, 0.717) is 11.9 Å². The number of thioether (sulfide) groups is 1. The van der Waals surface area contributed by atoms with Crippen LogP contribution in [0.25, 0.3) is 0 Å². The number of hydrogen-bond donors (Lipinski definition) is 1. The third-order valence-electron chi connectivity index (χ3n) is 3.07. The molecular formula is C15H22ClN3OS. The summed E-state index contributed by atoms with van der Waals surface area (Å²) in [7, 11) is 1.93. The first-order chi connectivity index (χ1) is 9.67. The largest absolute Gasteiger partial charge is 0.338 e. The third-order valence-corrected chi connectivity index (χ3v) is 4.06. The van der Waals surface area contributed by atoms with Gasteiger partial charge in [0, 0.05) is 18.2 Å². The average molecular weight is 328 g/mol. The highest BCUT2D eigenvalue weighted by Crippen LogP contribution is 2.17. The molecule has 0 amide bonds. The molecule has 0 bridgehead atoms. The van der Waals surface area contributed by atoms with Gasteiger partial charge < -0.3 is 9.84 Å². The van der Waals surface area contributed by atoms with Gasteiger partial charge in [-0.15, -0.1) is 24.2 Å². The fourth-order valence-corrected chi connectivity index (χ4v) is 2.67. The summed E-state index contributed by atoms with van der Waals surface area (Å²) in [5.74, 6) is 3.21. The summed E-state index contributed by atoms with van der Waals surface area (Å²) in [6.07, 6.45) is 0.794. The van der Waals surface area contributed by atoms with E-state index in [2.05, 4.69) is 53.6 Å². The third kappa shape index (κ3) is 6.08. The number of aryl methyl sites for hydroxylation is 1. The Hall–Kier alpha value is -1.04. The maximum atomic E-state index is 5.26. The highest BCUT2D eigenvalue weighted by molar-refractivity contribution is 7.97. The average Bonchev–Trinajstić information content (AvgIpc) is 2.86. The predicted octanol–water partition coefficient (Wildman–Crippen LogP) is 3.38. The van der Waals surface area contributed by atoms with E-state index in [4.69, 9.17) is 4.52 Å². The Morgan fingerprint density at radius 3 is 2.86 bits per heavy atom. The van der Waals surface area contributed by atoms with Gasteiger partial charge in [0.1, 0.15) is 0 Å². The number of hydrogen-bond acceptors (Lipinski definition) is 5. The molecule has 4 nitrogen and oxygen atoms in total. The number of nitrogens with zero attached hydrogens (tertiary/aromatic N) is 2. The summed E-state index contributed by atoms with van der Waals surface area (Å²) in [5.41, 5.74) is 2.63. The molecule has 0 aliphatic carbocycles. The molecule has 1 unspecified atom stereocenters. The number of nitrogens with one attached hydrogen (secondary N) is 1. The lowest BCUT2D eigenvalue weighted by Gasteiger charge is -2.04. The van der Waals surface area contributed by atoms with Gasteiger partial charge in [-0.25, -0.2) is 0 Å². The van der Waals surface area contributed by atoms with Crippen molar-refractivity contribution in [1.82, 2.24) is 15.5 Å². The molecular weight excluding hydrogens is 306 g/mol. The zero-order valence-corrected chi connectivity index (χ0v) is 14.3. The summed E-state index contributed by atoms with van der Waals surface area (Å²) >= 11 is 1.79. The van der Waals surface area contributed by atoms with Gasteiger partial charge in [0.2, 0.25) is 5.89 Å². The predicted molar refractivity (Wildman–Crippen MR) is 89.9 cm³/mol. The van der Waals surface area contributed by atoms with Crippen molar-refractivity contribution in [2.75, 3.05) is 7.05 Å². The number of likely N-dealkylation sites (N-methyl/N-ethyl adjacent to an activating group) is 1. The Balaban J connectivity index is 0.00000220. The summed E-state index contributed by atoms with van der Waals surface area (Å²) in [6, 6.07) is 8.92. The summed E-state index contributed by atoms with van der Waals surface area (Å²) < 4.78 is 5.26. The van der Waals surface area contributed by atoms with Gasteiger partial charge in [-0.2, -0.15) is 4.98 Å². The van der Waals surface area contributed by atoms with Crippen LogP contribution >= 0.6 is 24.2 Å². The van der Waals surface area contributed by atoms with Gasteiger partial charge >= 0.3 is 0 Å². The molecule has 0 fully saturated rings. The standard InChI is InChI=1S/C15H21N3OS.ClH/c1-11-5-4-6-13(7-11)9-20-10-15-17-14(18-19-15)8-12(2)16-3;/h4-7,12,16H,8-10H2,1-3H3;1H. The van der Waals surface area contributed by atoms with E-state index in [1.807, 2.05) is 7.05 Å². The maximum Gasteiger partial charge on any atom is 0.236 e. The van der Waals surface area contributed by atoms with Crippen molar-refractivity contribution in [2.45, 2.75) is 37.8 Å². The lowest BCUT2D eigenvalue weighted by molar-refractivity contribution is 0.382. The molecule has 0 saturated heterocycles. The molecule has 116 valence electrons. The second kappa shape index (κ2) is 9.07. The zero-order chi connectivity index (χ0) is 14.4. The minimum Gasteiger partial charge on any atom is -0.338 e. The fraction of sp³-hybridized carbons (Fsp3) is 0.467. The molecule has 6 heteroatoms. The number of rotatable bonds is 7. The molecule has 2 rings (SSSR count). The molecule has 1 heterocycles. The second-order valence-electron chi connectivity index (χ2n) is 4.98. The maximum absolute atomic E-state index is 5.26. The topological polar surface area (TPSA) is 51.0 Å². The van der Waals surface area contributed by atoms with E-state index in [-0.39, 0.29) is 12.4 Å². The van der Waals surface area contributed by atoms with Gasteiger partial charge in [0.15, 0.2) is 5.82 Å². The molecule has 0 spiro atoms. The van der Waals surface area contributed by atoms with Gasteiger partial charge in [-0.1, -0.05) is 35.0 Å². The normalized spacial score (nSPS) is 12.0.